The molecule has 0 aromatic heterocycles. The maximum Gasteiger partial charge on any atom is 0.0674 e. The first kappa shape index (κ1) is 15.9. The molecule has 0 radical (unpaired) electrons. The van der Waals surface area contributed by atoms with Crippen molar-refractivity contribution < 1.29 is 4.74 Å². The second kappa shape index (κ2) is 8.89. The monoisotopic (exact) mass is 256 g/mol. The Labute approximate surface area is 113 Å². The van der Waals surface area contributed by atoms with Crippen LogP contribution >= 0.6 is 0 Å². The number of unbranched alkanes of at least 4 members (excludes halogenated alkanes) is 2. The number of ether oxygens (including phenoxy) is 1. The predicted octanol–water partition coefficient (Wildman–Crippen LogP) is 2.65. The van der Waals surface area contributed by atoms with Crippen molar-refractivity contribution in [2.75, 3.05) is 26.2 Å². The highest BCUT2D eigenvalue weighted by Gasteiger charge is 2.22. The molecule has 0 saturated carbocycles. The van der Waals surface area contributed by atoms with E-state index >= 15 is 0 Å². The van der Waals surface area contributed by atoms with Crippen LogP contribution in [-0.2, 0) is 4.74 Å². The molecule has 0 aromatic carbocycles. The predicted molar refractivity (Wildman–Crippen MR) is 78.1 cm³/mol. The summed E-state index contributed by atoms with van der Waals surface area (Å²) in [7, 11) is 0. The Morgan fingerprint density at radius 3 is 2.83 bits per heavy atom. The molecule has 3 unspecified atom stereocenters. The van der Waals surface area contributed by atoms with Crippen molar-refractivity contribution in [3.8, 4) is 0 Å². The number of nitrogens with one attached hydrogen (secondary N) is 1. The van der Waals surface area contributed by atoms with E-state index in [1.165, 1.54) is 25.7 Å². The molecule has 3 heteroatoms. The smallest absolute Gasteiger partial charge is 0.0674 e. The van der Waals surface area contributed by atoms with Gasteiger partial charge in [0.15, 0.2) is 0 Å². The fourth-order valence-corrected chi connectivity index (χ4v) is 2.54. The minimum Gasteiger partial charge on any atom is -0.376 e. The van der Waals surface area contributed by atoms with E-state index in [2.05, 4.69) is 37.9 Å². The maximum absolute atomic E-state index is 5.65. The summed E-state index contributed by atoms with van der Waals surface area (Å²) >= 11 is 0. The van der Waals surface area contributed by atoms with Crippen LogP contribution in [0.1, 0.15) is 53.4 Å². The van der Waals surface area contributed by atoms with Crippen molar-refractivity contribution in [2.45, 2.75) is 71.6 Å². The Morgan fingerprint density at radius 1 is 1.33 bits per heavy atom. The highest BCUT2D eigenvalue weighted by molar-refractivity contribution is 4.76. The van der Waals surface area contributed by atoms with Crippen LogP contribution in [0.15, 0.2) is 0 Å². The number of hydrogen-bond acceptors (Lipinski definition) is 3. The standard InChI is InChI=1S/C15H32N2O/c1-5-6-7-8-13(2)16-9-10-17-11-15(4)18-12-14(17)3/h13-16H,5-12H2,1-4H3. The molecule has 0 aromatic rings. The van der Waals surface area contributed by atoms with E-state index in [0.29, 0.717) is 18.2 Å². The zero-order valence-electron chi connectivity index (χ0n) is 12.7. The number of hydrogen-bond donors (Lipinski definition) is 1. The molecule has 1 N–H and O–H groups in total. The maximum atomic E-state index is 5.65. The van der Waals surface area contributed by atoms with E-state index in [4.69, 9.17) is 4.74 Å². The van der Waals surface area contributed by atoms with Crippen LogP contribution in [0.4, 0.5) is 0 Å². The van der Waals surface area contributed by atoms with Gasteiger partial charge in [-0.1, -0.05) is 26.2 Å². The molecule has 0 spiro atoms. The van der Waals surface area contributed by atoms with Crippen molar-refractivity contribution in [2.24, 2.45) is 0 Å². The van der Waals surface area contributed by atoms with Crippen LogP contribution in [-0.4, -0.2) is 49.3 Å². The average Bonchev–Trinajstić information content (AvgIpc) is 2.34. The Morgan fingerprint density at radius 2 is 2.11 bits per heavy atom. The summed E-state index contributed by atoms with van der Waals surface area (Å²) in [5.41, 5.74) is 0. The topological polar surface area (TPSA) is 24.5 Å². The first-order valence-electron chi connectivity index (χ1n) is 7.72. The molecule has 1 heterocycles. The molecule has 1 fully saturated rings. The van der Waals surface area contributed by atoms with Gasteiger partial charge in [0.05, 0.1) is 12.7 Å². The molecule has 3 atom stereocenters. The molecular weight excluding hydrogens is 224 g/mol. The molecule has 0 aliphatic carbocycles. The van der Waals surface area contributed by atoms with Gasteiger partial charge >= 0.3 is 0 Å². The van der Waals surface area contributed by atoms with Crippen LogP contribution < -0.4 is 5.32 Å². The largest absolute Gasteiger partial charge is 0.376 e. The third kappa shape index (κ3) is 6.17. The fraction of sp³-hybridized carbons (Fsp3) is 1.00. The minimum absolute atomic E-state index is 0.392. The van der Waals surface area contributed by atoms with Crippen LogP contribution in [0.2, 0.25) is 0 Å². The second-order valence-electron chi connectivity index (χ2n) is 5.84. The lowest BCUT2D eigenvalue weighted by molar-refractivity contribution is -0.0487. The molecule has 18 heavy (non-hydrogen) atoms. The molecule has 0 bridgehead atoms. The van der Waals surface area contributed by atoms with E-state index in [1.54, 1.807) is 0 Å². The molecule has 1 aliphatic heterocycles. The summed E-state index contributed by atoms with van der Waals surface area (Å²) in [4.78, 5) is 2.54. The lowest BCUT2D eigenvalue weighted by Gasteiger charge is -2.37. The van der Waals surface area contributed by atoms with Gasteiger partial charge in [-0.2, -0.15) is 0 Å². The van der Waals surface area contributed by atoms with Gasteiger partial charge in [-0.05, 0) is 27.2 Å². The summed E-state index contributed by atoms with van der Waals surface area (Å²) in [5.74, 6) is 0. The van der Waals surface area contributed by atoms with E-state index in [-0.39, 0.29) is 0 Å². The van der Waals surface area contributed by atoms with Crippen molar-refractivity contribution in [3.63, 3.8) is 0 Å². The third-order valence-electron chi connectivity index (χ3n) is 3.87. The van der Waals surface area contributed by atoms with Gasteiger partial charge in [0.25, 0.3) is 0 Å². The zero-order valence-corrected chi connectivity index (χ0v) is 12.7. The van der Waals surface area contributed by atoms with E-state index in [1.807, 2.05) is 0 Å². The van der Waals surface area contributed by atoms with Crippen LogP contribution in [0.5, 0.6) is 0 Å². The van der Waals surface area contributed by atoms with Crippen molar-refractivity contribution in [3.05, 3.63) is 0 Å². The van der Waals surface area contributed by atoms with Gasteiger partial charge < -0.3 is 10.1 Å². The summed E-state index contributed by atoms with van der Waals surface area (Å²) in [5, 5.41) is 3.64. The summed E-state index contributed by atoms with van der Waals surface area (Å²) in [6, 6.07) is 1.23. The number of morpholine rings is 1. The van der Waals surface area contributed by atoms with Gasteiger partial charge in [-0.3, -0.25) is 4.90 Å². The fourth-order valence-electron chi connectivity index (χ4n) is 2.54. The van der Waals surface area contributed by atoms with E-state index < -0.39 is 0 Å². The minimum atomic E-state index is 0.392. The SMILES string of the molecule is CCCCCC(C)NCCN1CC(C)OCC1C. The molecule has 1 rings (SSSR count). The molecular formula is C15H32N2O. The van der Waals surface area contributed by atoms with Gasteiger partial charge in [-0.15, -0.1) is 0 Å². The lowest BCUT2D eigenvalue weighted by Crippen LogP contribution is -2.49. The van der Waals surface area contributed by atoms with Gasteiger partial charge in [0.1, 0.15) is 0 Å². The van der Waals surface area contributed by atoms with Crippen LogP contribution in [0.25, 0.3) is 0 Å². The van der Waals surface area contributed by atoms with Crippen molar-refractivity contribution in [1.29, 1.82) is 0 Å². The highest BCUT2D eigenvalue weighted by Crippen LogP contribution is 2.10. The first-order chi connectivity index (χ1) is 8.63. The lowest BCUT2D eigenvalue weighted by atomic mass is 10.1. The van der Waals surface area contributed by atoms with E-state index in [9.17, 15) is 0 Å². The highest BCUT2D eigenvalue weighted by atomic mass is 16.5. The van der Waals surface area contributed by atoms with Crippen LogP contribution in [0.3, 0.4) is 0 Å². The van der Waals surface area contributed by atoms with Gasteiger partial charge in [-0.25, -0.2) is 0 Å². The molecule has 1 aliphatic rings. The normalized spacial score (nSPS) is 27.3. The Balaban J connectivity index is 2.08. The summed E-state index contributed by atoms with van der Waals surface area (Å²) in [6.07, 6.45) is 5.74. The van der Waals surface area contributed by atoms with E-state index in [0.717, 1.165) is 26.2 Å². The third-order valence-corrected chi connectivity index (χ3v) is 3.87. The summed E-state index contributed by atoms with van der Waals surface area (Å²) < 4.78 is 5.65. The Kier molecular flexibility index (Phi) is 7.87. The first-order valence-corrected chi connectivity index (χ1v) is 7.72. The summed E-state index contributed by atoms with van der Waals surface area (Å²) in [6.45, 7) is 13.2. The molecule has 108 valence electrons. The quantitative estimate of drug-likeness (QED) is 0.676. The van der Waals surface area contributed by atoms with Gasteiger partial charge in [0.2, 0.25) is 0 Å². The second-order valence-corrected chi connectivity index (χ2v) is 5.84. The zero-order chi connectivity index (χ0) is 13.4. The molecule has 1 saturated heterocycles. The van der Waals surface area contributed by atoms with Gasteiger partial charge in [0, 0.05) is 31.7 Å². The van der Waals surface area contributed by atoms with Crippen molar-refractivity contribution in [1.82, 2.24) is 10.2 Å². The Hall–Kier alpha value is -0.120. The molecule has 0 amide bonds. The van der Waals surface area contributed by atoms with Crippen LogP contribution in [0, 0.1) is 0 Å². The number of rotatable bonds is 8. The average molecular weight is 256 g/mol. The molecule has 3 nitrogen and oxygen atoms in total. The van der Waals surface area contributed by atoms with Crippen molar-refractivity contribution >= 4 is 0 Å². The Bertz CT molecular complexity index is 211. The number of nitrogens with zero attached hydrogens (tertiary/aromatic N) is 1.